The minimum atomic E-state index is -0.0124. The Balaban J connectivity index is 1.19. The summed E-state index contributed by atoms with van der Waals surface area (Å²) < 4.78 is 10.8. The number of quaternary nitrogens is 2. The molecular weight excluding hydrogens is 376 g/mol. The Morgan fingerprint density at radius 3 is 2.75 bits per heavy atom. The van der Waals surface area contributed by atoms with Crippen LogP contribution in [-0.4, -0.2) is 45.4 Å². The molecule has 1 aromatic heterocycles. The first-order valence-corrected chi connectivity index (χ1v) is 10.4. The van der Waals surface area contributed by atoms with Crippen LogP contribution in [0.15, 0.2) is 29.6 Å². The fourth-order valence-electron chi connectivity index (χ4n) is 3.70. The molecule has 1 saturated heterocycles. The second kappa shape index (κ2) is 8.61. The number of anilines is 1. The van der Waals surface area contributed by atoms with E-state index in [1.807, 2.05) is 11.4 Å². The number of piperazine rings is 1. The standard InChI is InChI=1S/C20H22N4O3S/c21-12-16-4-10-28-20(16)22-19(25)3-5-23-6-8-24(9-7-23)13-15-1-2-17-18(11-15)27-14-26-17/h1-2,4,10-11H,3,5-9,13-14H2,(H,22,25)/p+2. The largest absolute Gasteiger partial charge is 0.454 e. The Hall–Kier alpha value is -2.60. The molecule has 1 aromatic carbocycles. The van der Waals surface area contributed by atoms with Crippen LogP contribution in [0.3, 0.4) is 0 Å². The van der Waals surface area contributed by atoms with Gasteiger partial charge in [0, 0.05) is 5.56 Å². The lowest BCUT2D eigenvalue weighted by Gasteiger charge is -2.29. The zero-order valence-corrected chi connectivity index (χ0v) is 16.4. The molecule has 2 aliphatic heterocycles. The summed E-state index contributed by atoms with van der Waals surface area (Å²) in [7, 11) is 0. The zero-order chi connectivity index (χ0) is 19.3. The topological polar surface area (TPSA) is 80.2 Å². The molecule has 28 heavy (non-hydrogen) atoms. The second-order valence-corrected chi connectivity index (χ2v) is 8.10. The highest BCUT2D eigenvalue weighted by atomic mass is 32.1. The van der Waals surface area contributed by atoms with Crippen molar-refractivity contribution in [1.29, 1.82) is 5.26 Å². The van der Waals surface area contributed by atoms with Gasteiger partial charge in [0.25, 0.3) is 0 Å². The van der Waals surface area contributed by atoms with E-state index in [0.29, 0.717) is 23.8 Å². The van der Waals surface area contributed by atoms with E-state index in [4.69, 9.17) is 14.7 Å². The van der Waals surface area contributed by atoms with Crippen LogP contribution in [0.25, 0.3) is 0 Å². The molecule has 8 heteroatoms. The minimum Gasteiger partial charge on any atom is -0.454 e. The van der Waals surface area contributed by atoms with E-state index in [2.05, 4.69) is 23.5 Å². The molecule has 1 amide bonds. The van der Waals surface area contributed by atoms with Crippen molar-refractivity contribution in [2.45, 2.75) is 13.0 Å². The Morgan fingerprint density at radius 2 is 1.93 bits per heavy atom. The fraction of sp³-hybridized carbons (Fsp3) is 0.400. The fourth-order valence-corrected chi connectivity index (χ4v) is 4.45. The number of amides is 1. The molecule has 0 spiro atoms. The Bertz CT molecular complexity index is 884. The summed E-state index contributed by atoms with van der Waals surface area (Å²) in [6.45, 7) is 6.44. The molecule has 146 valence electrons. The van der Waals surface area contributed by atoms with E-state index in [1.54, 1.807) is 11.0 Å². The zero-order valence-electron chi connectivity index (χ0n) is 15.6. The molecule has 3 N–H and O–H groups in total. The van der Waals surface area contributed by atoms with Crippen LogP contribution in [0.2, 0.25) is 0 Å². The van der Waals surface area contributed by atoms with Gasteiger partial charge in [0.15, 0.2) is 11.5 Å². The number of nitrogens with one attached hydrogen (secondary N) is 3. The maximum Gasteiger partial charge on any atom is 0.231 e. The van der Waals surface area contributed by atoms with Gasteiger partial charge >= 0.3 is 0 Å². The molecular formula is C20H24N4O3S+2. The molecule has 1 fully saturated rings. The van der Waals surface area contributed by atoms with Gasteiger partial charge < -0.3 is 24.6 Å². The number of rotatable bonds is 6. The summed E-state index contributed by atoms with van der Waals surface area (Å²) in [5.41, 5.74) is 1.80. The molecule has 2 aliphatic rings. The third kappa shape index (κ3) is 4.44. The van der Waals surface area contributed by atoms with Crippen molar-refractivity contribution in [2.24, 2.45) is 0 Å². The van der Waals surface area contributed by atoms with Crippen LogP contribution in [0.1, 0.15) is 17.5 Å². The van der Waals surface area contributed by atoms with Crippen LogP contribution in [0.4, 0.5) is 5.00 Å². The molecule has 3 heterocycles. The quantitative estimate of drug-likeness (QED) is 0.620. The molecule has 0 unspecified atom stereocenters. The summed E-state index contributed by atoms with van der Waals surface area (Å²) in [6, 6.07) is 10.0. The van der Waals surface area contributed by atoms with Crippen molar-refractivity contribution in [3.63, 3.8) is 0 Å². The predicted molar refractivity (Wildman–Crippen MR) is 105 cm³/mol. The summed E-state index contributed by atoms with van der Waals surface area (Å²) in [4.78, 5) is 15.2. The van der Waals surface area contributed by atoms with Crippen molar-refractivity contribution in [3.8, 4) is 17.6 Å². The smallest absolute Gasteiger partial charge is 0.231 e. The van der Waals surface area contributed by atoms with Gasteiger partial charge in [-0.2, -0.15) is 5.26 Å². The van der Waals surface area contributed by atoms with Crippen LogP contribution in [-0.2, 0) is 11.3 Å². The molecule has 2 aromatic rings. The molecule has 0 radical (unpaired) electrons. The van der Waals surface area contributed by atoms with E-state index in [9.17, 15) is 4.79 Å². The first kappa shape index (κ1) is 18.7. The minimum absolute atomic E-state index is 0.0124. The third-order valence-corrected chi connectivity index (χ3v) is 6.13. The molecule has 4 rings (SSSR count). The van der Waals surface area contributed by atoms with Gasteiger partial charge in [-0.3, -0.25) is 4.79 Å². The maximum atomic E-state index is 12.2. The maximum absolute atomic E-state index is 12.2. The van der Waals surface area contributed by atoms with Crippen molar-refractivity contribution in [2.75, 3.05) is 44.8 Å². The monoisotopic (exact) mass is 400 g/mol. The molecule has 7 nitrogen and oxygen atoms in total. The van der Waals surface area contributed by atoms with E-state index in [1.165, 1.54) is 21.8 Å². The highest BCUT2D eigenvalue weighted by molar-refractivity contribution is 7.14. The van der Waals surface area contributed by atoms with Gasteiger partial charge in [-0.1, -0.05) is 0 Å². The highest BCUT2D eigenvalue weighted by Crippen LogP contribution is 2.32. The van der Waals surface area contributed by atoms with Crippen LogP contribution >= 0.6 is 11.3 Å². The Kier molecular flexibility index (Phi) is 5.76. The number of carbonyl (C=O) groups is 1. The molecule has 0 bridgehead atoms. The third-order valence-electron chi connectivity index (χ3n) is 5.30. The Labute approximate surface area is 168 Å². The van der Waals surface area contributed by atoms with Crippen molar-refractivity contribution in [1.82, 2.24) is 0 Å². The second-order valence-electron chi connectivity index (χ2n) is 7.19. The molecule has 0 aliphatic carbocycles. The lowest BCUT2D eigenvalue weighted by atomic mass is 10.1. The summed E-state index contributed by atoms with van der Waals surface area (Å²) in [6.07, 6.45) is 0.482. The van der Waals surface area contributed by atoms with E-state index >= 15 is 0 Å². The number of nitrogens with zero attached hydrogens (tertiary/aromatic N) is 1. The lowest BCUT2D eigenvalue weighted by molar-refractivity contribution is -1.02. The summed E-state index contributed by atoms with van der Waals surface area (Å²) in [5.74, 6) is 1.66. The molecule has 0 saturated carbocycles. The van der Waals surface area contributed by atoms with Gasteiger partial charge in [-0.15, -0.1) is 11.3 Å². The lowest BCUT2D eigenvalue weighted by Crippen LogP contribution is -3.27. The van der Waals surface area contributed by atoms with Gasteiger partial charge in [0.05, 0.1) is 18.5 Å². The highest BCUT2D eigenvalue weighted by Gasteiger charge is 2.24. The molecule has 0 atom stereocenters. The average molecular weight is 401 g/mol. The van der Waals surface area contributed by atoms with Crippen LogP contribution in [0.5, 0.6) is 11.5 Å². The number of carbonyl (C=O) groups excluding carboxylic acids is 1. The SMILES string of the molecule is N#Cc1ccsc1NC(=O)CC[NH+]1CC[NH+](Cc2ccc3c(c2)OCO3)CC1. The number of benzene rings is 1. The number of nitriles is 1. The van der Waals surface area contributed by atoms with Crippen molar-refractivity contribution < 1.29 is 24.1 Å². The van der Waals surface area contributed by atoms with Crippen LogP contribution in [0, 0.1) is 11.3 Å². The Morgan fingerprint density at radius 1 is 1.14 bits per heavy atom. The summed E-state index contributed by atoms with van der Waals surface area (Å²) in [5, 5.41) is 14.3. The first-order valence-electron chi connectivity index (χ1n) is 9.54. The van der Waals surface area contributed by atoms with E-state index in [-0.39, 0.29) is 5.91 Å². The van der Waals surface area contributed by atoms with Gasteiger partial charge in [-0.05, 0) is 29.6 Å². The van der Waals surface area contributed by atoms with Gasteiger partial charge in [0.1, 0.15) is 43.8 Å². The number of hydrogen-bond acceptors (Lipinski definition) is 5. The number of fused-ring (bicyclic) bond motifs is 1. The first-order chi connectivity index (χ1) is 13.7. The normalized spacial score (nSPS) is 20.5. The number of thiophene rings is 1. The van der Waals surface area contributed by atoms with Crippen LogP contribution < -0.4 is 24.6 Å². The van der Waals surface area contributed by atoms with Gasteiger partial charge in [-0.25, -0.2) is 0 Å². The number of hydrogen-bond donors (Lipinski definition) is 3. The number of ether oxygens (including phenoxy) is 2. The van der Waals surface area contributed by atoms with Crippen molar-refractivity contribution in [3.05, 3.63) is 40.8 Å². The van der Waals surface area contributed by atoms with Crippen molar-refractivity contribution >= 4 is 22.2 Å². The van der Waals surface area contributed by atoms with Gasteiger partial charge in [0.2, 0.25) is 12.7 Å². The van der Waals surface area contributed by atoms with E-state index in [0.717, 1.165) is 50.8 Å². The van der Waals surface area contributed by atoms with E-state index < -0.39 is 0 Å². The summed E-state index contributed by atoms with van der Waals surface area (Å²) >= 11 is 1.39. The average Bonchev–Trinajstić information content (AvgIpc) is 3.36. The predicted octanol–water partition coefficient (Wildman–Crippen LogP) is -0.339.